The molecule has 0 fully saturated rings. The van der Waals surface area contributed by atoms with Crippen LogP contribution in [0.4, 0.5) is 39.5 Å². The minimum atomic E-state index is -4.41. The predicted molar refractivity (Wildman–Crippen MR) is 109 cm³/mol. The average Bonchev–Trinajstić information content (AvgIpc) is 2.46. The quantitative estimate of drug-likeness (QED) is 0.192. The largest absolute Gasteiger partial charge is 0.452 e. The van der Waals surface area contributed by atoms with Gasteiger partial charge in [0, 0.05) is 19.3 Å². The Balaban J connectivity index is 5.40. The molecule has 0 aliphatic carbocycles. The van der Waals surface area contributed by atoms with Crippen molar-refractivity contribution in [2.45, 2.75) is 95.2 Å². The van der Waals surface area contributed by atoms with E-state index in [0.29, 0.717) is 0 Å². The van der Waals surface area contributed by atoms with Crippen molar-refractivity contribution in [2.24, 2.45) is 0 Å². The van der Waals surface area contributed by atoms with E-state index in [2.05, 4.69) is 0 Å². The van der Waals surface area contributed by atoms with Crippen molar-refractivity contribution in [3.63, 3.8) is 0 Å². The standard InChI is InChI=1S/C15H31F9O3Si4/c1-29(2,10-7-13(16,17)18)25-28(26-30(3,4)11-8-14(19,20)21)27-31(5,6)12-9-15(22,23)24/h28H,7-12H2,1-6H3. The third-order valence-corrected chi connectivity index (χ3v) is 18.6. The van der Waals surface area contributed by atoms with Gasteiger partial charge in [-0.05, 0) is 57.4 Å². The van der Waals surface area contributed by atoms with Crippen molar-refractivity contribution >= 4 is 34.5 Å². The van der Waals surface area contributed by atoms with Gasteiger partial charge in [-0.1, -0.05) is 0 Å². The maximum absolute atomic E-state index is 12.6. The van der Waals surface area contributed by atoms with Crippen LogP contribution in [-0.2, 0) is 12.3 Å². The van der Waals surface area contributed by atoms with Crippen molar-refractivity contribution in [1.29, 1.82) is 0 Å². The first-order valence-corrected chi connectivity index (χ1v) is 20.4. The molecule has 0 atom stereocenters. The zero-order valence-electron chi connectivity index (χ0n) is 18.4. The first kappa shape index (κ1) is 31.1. The van der Waals surface area contributed by atoms with Crippen LogP contribution in [0.5, 0.6) is 0 Å². The minimum absolute atomic E-state index is 0.318. The number of rotatable bonds is 12. The molecule has 0 saturated carbocycles. The fourth-order valence-electron chi connectivity index (χ4n) is 2.36. The van der Waals surface area contributed by atoms with E-state index < -0.39 is 72.3 Å². The molecule has 0 heterocycles. The molecule has 0 aliphatic rings. The summed E-state index contributed by atoms with van der Waals surface area (Å²) in [5.74, 6) is 0. The predicted octanol–water partition coefficient (Wildman–Crippen LogP) is 7.23. The van der Waals surface area contributed by atoms with Crippen LogP contribution >= 0.6 is 0 Å². The molecular formula is C15H31F9O3Si4. The van der Waals surface area contributed by atoms with Crippen molar-refractivity contribution < 1.29 is 51.9 Å². The van der Waals surface area contributed by atoms with Crippen molar-refractivity contribution in [3.05, 3.63) is 0 Å². The molecule has 0 aromatic carbocycles. The molecule has 0 rings (SSSR count). The highest BCUT2D eigenvalue weighted by atomic mass is 28.5. The first-order valence-electron chi connectivity index (χ1n) is 9.64. The number of halogens is 9. The normalized spacial score (nSPS) is 15.1. The van der Waals surface area contributed by atoms with Crippen LogP contribution in [0.25, 0.3) is 0 Å². The van der Waals surface area contributed by atoms with Crippen LogP contribution in [0.1, 0.15) is 19.3 Å². The molecule has 0 aliphatic heterocycles. The van der Waals surface area contributed by atoms with Crippen LogP contribution in [0.3, 0.4) is 0 Å². The molecule has 31 heavy (non-hydrogen) atoms. The Morgan fingerprint density at radius 1 is 0.484 bits per heavy atom. The highest BCUT2D eigenvalue weighted by molar-refractivity contribution is 6.84. The summed E-state index contributed by atoms with van der Waals surface area (Å²) in [6.07, 6.45) is -16.5. The zero-order valence-corrected chi connectivity index (χ0v) is 22.6. The van der Waals surface area contributed by atoms with Gasteiger partial charge in [-0.15, -0.1) is 0 Å². The Kier molecular flexibility index (Phi) is 11.1. The molecule has 188 valence electrons. The molecule has 0 spiro atoms. The molecule has 0 bridgehead atoms. The van der Waals surface area contributed by atoms with E-state index in [9.17, 15) is 39.5 Å². The summed E-state index contributed by atoms with van der Waals surface area (Å²) in [5.41, 5.74) is 0. The second-order valence-electron chi connectivity index (χ2n) is 9.27. The third kappa shape index (κ3) is 18.3. The van der Waals surface area contributed by atoms with E-state index in [1.54, 1.807) is 0 Å². The van der Waals surface area contributed by atoms with Gasteiger partial charge in [-0.25, -0.2) is 0 Å². The van der Waals surface area contributed by atoms with E-state index >= 15 is 0 Å². The number of alkyl halides is 9. The molecule has 0 radical (unpaired) electrons. The average molecular weight is 543 g/mol. The zero-order chi connectivity index (χ0) is 24.9. The van der Waals surface area contributed by atoms with Gasteiger partial charge in [-0.2, -0.15) is 39.5 Å². The van der Waals surface area contributed by atoms with Gasteiger partial charge >= 0.3 is 28.1 Å². The van der Waals surface area contributed by atoms with E-state index in [1.165, 1.54) is 39.3 Å². The lowest BCUT2D eigenvalue weighted by atomic mass is 10.5. The fourth-order valence-corrected chi connectivity index (χ4v) is 14.6. The fraction of sp³-hybridized carbons (Fsp3) is 1.00. The van der Waals surface area contributed by atoms with Crippen molar-refractivity contribution in [2.75, 3.05) is 0 Å². The van der Waals surface area contributed by atoms with Crippen LogP contribution in [0, 0.1) is 0 Å². The van der Waals surface area contributed by atoms with Crippen molar-refractivity contribution in [3.8, 4) is 0 Å². The van der Waals surface area contributed by atoms with E-state index in [4.69, 9.17) is 12.3 Å². The molecule has 3 nitrogen and oxygen atoms in total. The highest BCUT2D eigenvalue weighted by Gasteiger charge is 2.43. The van der Waals surface area contributed by atoms with Gasteiger partial charge in [0.15, 0.2) is 25.0 Å². The minimum Gasteiger partial charge on any atom is -0.419 e. The summed E-state index contributed by atoms with van der Waals surface area (Å²) < 4.78 is 131. The molecule has 0 amide bonds. The van der Waals surface area contributed by atoms with E-state index in [1.807, 2.05) is 0 Å². The Morgan fingerprint density at radius 3 is 0.839 bits per heavy atom. The van der Waals surface area contributed by atoms with Crippen molar-refractivity contribution in [1.82, 2.24) is 0 Å². The van der Waals surface area contributed by atoms with Crippen LogP contribution < -0.4 is 0 Å². The van der Waals surface area contributed by atoms with Gasteiger partial charge in [0.2, 0.25) is 0 Å². The summed E-state index contributed by atoms with van der Waals surface area (Å²) >= 11 is 0. The maximum atomic E-state index is 12.6. The SMILES string of the molecule is C[Si](C)(CCC(F)(F)F)O[SiH](O[Si](C)(C)CCC(F)(F)F)O[Si](C)(C)CCC(F)(F)F. The summed E-state index contributed by atoms with van der Waals surface area (Å²) in [6, 6.07) is -0.953. The summed E-state index contributed by atoms with van der Waals surface area (Å²) in [6.45, 7) is 9.00. The molecule has 0 aromatic heterocycles. The Hall–Kier alpha value is 0.118. The van der Waals surface area contributed by atoms with Gasteiger partial charge in [0.1, 0.15) is 0 Å². The van der Waals surface area contributed by atoms with Crippen LogP contribution in [-0.4, -0.2) is 53.0 Å². The maximum Gasteiger partial charge on any atom is 0.452 e. The van der Waals surface area contributed by atoms with Crippen LogP contribution in [0.15, 0.2) is 0 Å². The molecule has 0 N–H and O–H groups in total. The molecule has 16 heteroatoms. The molecular weight excluding hydrogens is 511 g/mol. The van der Waals surface area contributed by atoms with Gasteiger partial charge < -0.3 is 12.3 Å². The monoisotopic (exact) mass is 542 g/mol. The molecule has 0 aromatic rings. The summed E-state index contributed by atoms with van der Waals surface area (Å²) in [7, 11) is -12.3. The number of hydrogen-bond acceptors (Lipinski definition) is 3. The Labute approximate surface area is 182 Å². The van der Waals surface area contributed by atoms with E-state index in [-0.39, 0.29) is 18.1 Å². The topological polar surface area (TPSA) is 27.7 Å². The van der Waals surface area contributed by atoms with Gasteiger partial charge in [0.05, 0.1) is 0 Å². The second kappa shape index (κ2) is 11.0. The van der Waals surface area contributed by atoms with Gasteiger partial charge in [0.25, 0.3) is 0 Å². The van der Waals surface area contributed by atoms with Gasteiger partial charge in [-0.3, -0.25) is 0 Å². The molecule has 0 unspecified atom stereocenters. The Bertz CT molecular complexity index is 473. The summed E-state index contributed by atoms with van der Waals surface area (Å²) in [5, 5.41) is 0. The lowest BCUT2D eigenvalue weighted by Crippen LogP contribution is -2.52. The lowest BCUT2D eigenvalue weighted by Gasteiger charge is -2.37. The summed E-state index contributed by atoms with van der Waals surface area (Å²) in [4.78, 5) is 0. The Morgan fingerprint density at radius 2 is 0.677 bits per heavy atom. The van der Waals surface area contributed by atoms with E-state index in [0.717, 1.165) is 0 Å². The second-order valence-corrected chi connectivity index (χ2v) is 24.7. The lowest BCUT2D eigenvalue weighted by molar-refractivity contribution is -0.131. The smallest absolute Gasteiger partial charge is 0.419 e. The number of hydrogen-bond donors (Lipinski definition) is 0. The first-order chi connectivity index (χ1) is 13.4. The highest BCUT2D eigenvalue weighted by Crippen LogP contribution is 2.32. The molecule has 0 saturated heterocycles. The van der Waals surface area contributed by atoms with Crippen LogP contribution in [0.2, 0.25) is 57.4 Å². The third-order valence-electron chi connectivity index (χ3n) is 4.28.